The fourth-order valence-electron chi connectivity index (χ4n) is 7.05. The van der Waals surface area contributed by atoms with Crippen LogP contribution in [0.2, 0.25) is 0 Å². The number of ether oxygens (including phenoxy) is 1. The van der Waals surface area contributed by atoms with Gasteiger partial charge in [-0.15, -0.1) is 0 Å². The SMILES string of the molecule is COc1ccc(-c2onc3c2CCC3)cc1NC(=O)C12CC3CC(CC(C3)C1)C2. The molecule has 5 heteroatoms. The van der Waals surface area contributed by atoms with Gasteiger partial charge in [-0.05, 0) is 93.7 Å². The van der Waals surface area contributed by atoms with E-state index in [0.717, 1.165) is 79.0 Å². The van der Waals surface area contributed by atoms with Gasteiger partial charge in [0, 0.05) is 11.1 Å². The largest absolute Gasteiger partial charge is 0.495 e. The van der Waals surface area contributed by atoms with Crippen LogP contribution < -0.4 is 10.1 Å². The van der Waals surface area contributed by atoms with E-state index in [4.69, 9.17) is 9.26 Å². The van der Waals surface area contributed by atoms with Gasteiger partial charge in [-0.25, -0.2) is 0 Å². The third kappa shape index (κ3) is 2.73. The average molecular weight is 392 g/mol. The quantitative estimate of drug-likeness (QED) is 0.796. The van der Waals surface area contributed by atoms with Crippen LogP contribution in [0.15, 0.2) is 22.7 Å². The summed E-state index contributed by atoms with van der Waals surface area (Å²) in [5, 5.41) is 7.50. The Balaban J connectivity index is 1.31. The summed E-state index contributed by atoms with van der Waals surface area (Å²) in [5.41, 5.74) is 3.82. The second kappa shape index (κ2) is 6.35. The first-order valence-corrected chi connectivity index (χ1v) is 11.1. The number of anilines is 1. The van der Waals surface area contributed by atoms with Crippen LogP contribution >= 0.6 is 0 Å². The Hall–Kier alpha value is -2.30. The van der Waals surface area contributed by atoms with Crippen LogP contribution in [0.4, 0.5) is 5.69 Å². The number of benzene rings is 1. The lowest BCUT2D eigenvalue weighted by Crippen LogP contribution is -2.51. The molecule has 5 aliphatic rings. The highest BCUT2D eigenvalue weighted by atomic mass is 16.5. The van der Waals surface area contributed by atoms with Crippen molar-refractivity contribution in [1.29, 1.82) is 0 Å². The predicted molar refractivity (Wildman–Crippen MR) is 110 cm³/mol. The number of fused-ring (bicyclic) bond motifs is 1. The van der Waals surface area contributed by atoms with Gasteiger partial charge in [0.1, 0.15) is 5.75 Å². The van der Waals surface area contributed by atoms with Gasteiger partial charge in [0.25, 0.3) is 0 Å². The molecule has 4 bridgehead atoms. The van der Waals surface area contributed by atoms with Crippen LogP contribution in [-0.4, -0.2) is 18.2 Å². The van der Waals surface area contributed by atoms with Crippen LogP contribution in [0, 0.1) is 23.2 Å². The molecule has 4 saturated carbocycles. The van der Waals surface area contributed by atoms with E-state index in [1.165, 1.54) is 24.8 Å². The molecule has 2 aromatic rings. The van der Waals surface area contributed by atoms with Crippen molar-refractivity contribution < 1.29 is 14.1 Å². The summed E-state index contributed by atoms with van der Waals surface area (Å²) in [6, 6.07) is 5.92. The minimum absolute atomic E-state index is 0.177. The van der Waals surface area contributed by atoms with Crippen molar-refractivity contribution in [3.8, 4) is 17.1 Å². The second-order valence-electron chi connectivity index (χ2n) is 9.86. The highest BCUT2D eigenvalue weighted by Crippen LogP contribution is 2.60. The van der Waals surface area contributed by atoms with Gasteiger partial charge >= 0.3 is 0 Å². The third-order valence-electron chi connectivity index (χ3n) is 7.94. The molecule has 1 heterocycles. The molecule has 152 valence electrons. The number of carbonyl (C=O) groups is 1. The standard InChI is InChI=1S/C24H28N2O3/c1-28-21-6-5-17(22-18-3-2-4-19(18)26-29-22)10-20(21)25-23(27)24-11-14-7-15(12-24)9-16(8-14)13-24/h5-6,10,14-16H,2-4,7-9,11-13H2,1H3,(H,25,27). The Bertz CT molecular complexity index is 941. The second-order valence-corrected chi connectivity index (χ2v) is 9.86. The smallest absolute Gasteiger partial charge is 0.230 e. The van der Waals surface area contributed by atoms with Gasteiger partial charge in [-0.3, -0.25) is 4.79 Å². The van der Waals surface area contributed by atoms with Crippen LogP contribution in [-0.2, 0) is 17.6 Å². The van der Waals surface area contributed by atoms with Crippen LogP contribution in [0.3, 0.4) is 0 Å². The normalized spacial score (nSPS) is 31.7. The van der Waals surface area contributed by atoms with Crippen LogP contribution in [0.1, 0.15) is 56.2 Å². The molecule has 0 aliphatic heterocycles. The van der Waals surface area contributed by atoms with Crippen molar-refractivity contribution in [3.63, 3.8) is 0 Å². The molecule has 0 saturated heterocycles. The zero-order chi connectivity index (χ0) is 19.6. The minimum Gasteiger partial charge on any atom is -0.495 e. The molecular weight excluding hydrogens is 364 g/mol. The van der Waals surface area contributed by atoms with Crippen LogP contribution in [0.25, 0.3) is 11.3 Å². The number of methoxy groups -OCH3 is 1. The van der Waals surface area contributed by atoms with Gasteiger partial charge in [0.15, 0.2) is 5.76 Å². The van der Waals surface area contributed by atoms with E-state index < -0.39 is 0 Å². The number of carbonyl (C=O) groups excluding carboxylic acids is 1. The number of hydrogen-bond donors (Lipinski definition) is 1. The molecule has 0 unspecified atom stereocenters. The van der Waals surface area contributed by atoms with Crippen molar-refractivity contribution in [2.24, 2.45) is 23.2 Å². The number of nitrogens with one attached hydrogen (secondary N) is 1. The van der Waals surface area contributed by atoms with Crippen molar-refractivity contribution in [1.82, 2.24) is 5.16 Å². The van der Waals surface area contributed by atoms with E-state index in [0.29, 0.717) is 5.75 Å². The van der Waals surface area contributed by atoms with E-state index in [1.54, 1.807) is 7.11 Å². The highest BCUT2D eigenvalue weighted by molar-refractivity contribution is 5.97. The van der Waals surface area contributed by atoms with Crippen molar-refractivity contribution in [2.75, 3.05) is 12.4 Å². The molecular formula is C24H28N2O3. The monoisotopic (exact) mass is 392 g/mol. The zero-order valence-corrected chi connectivity index (χ0v) is 17.0. The molecule has 0 atom stereocenters. The molecule has 1 amide bonds. The van der Waals surface area contributed by atoms with Crippen LogP contribution in [0.5, 0.6) is 5.75 Å². The maximum atomic E-state index is 13.5. The fourth-order valence-corrected chi connectivity index (χ4v) is 7.05. The lowest BCUT2D eigenvalue weighted by Gasteiger charge is -2.55. The topological polar surface area (TPSA) is 64.4 Å². The first kappa shape index (κ1) is 17.5. The molecule has 29 heavy (non-hydrogen) atoms. The molecule has 0 spiro atoms. The van der Waals surface area contributed by atoms with Gasteiger partial charge in [0.05, 0.1) is 23.9 Å². The maximum Gasteiger partial charge on any atom is 0.230 e. The number of amides is 1. The average Bonchev–Trinajstić information content (AvgIpc) is 3.30. The molecule has 1 aromatic heterocycles. The van der Waals surface area contributed by atoms with Crippen molar-refractivity contribution >= 4 is 11.6 Å². The highest BCUT2D eigenvalue weighted by Gasteiger charge is 2.54. The lowest BCUT2D eigenvalue weighted by atomic mass is 9.49. The number of aromatic nitrogens is 1. The molecule has 5 nitrogen and oxygen atoms in total. The number of nitrogens with zero attached hydrogens (tertiary/aromatic N) is 1. The van der Waals surface area contributed by atoms with Gasteiger partial charge in [0.2, 0.25) is 5.91 Å². The summed E-state index contributed by atoms with van der Waals surface area (Å²) in [7, 11) is 1.65. The summed E-state index contributed by atoms with van der Waals surface area (Å²) >= 11 is 0. The Morgan fingerprint density at radius 3 is 2.55 bits per heavy atom. The Morgan fingerprint density at radius 2 is 1.86 bits per heavy atom. The van der Waals surface area contributed by atoms with Gasteiger partial charge in [-0.1, -0.05) is 5.16 Å². The van der Waals surface area contributed by atoms with E-state index in [2.05, 4.69) is 10.5 Å². The van der Waals surface area contributed by atoms with E-state index >= 15 is 0 Å². The summed E-state index contributed by atoms with van der Waals surface area (Å²) < 4.78 is 11.2. The summed E-state index contributed by atoms with van der Waals surface area (Å²) in [5.74, 6) is 3.97. The van der Waals surface area contributed by atoms with Crippen molar-refractivity contribution in [3.05, 3.63) is 29.5 Å². The fraction of sp³-hybridized carbons (Fsp3) is 0.583. The van der Waals surface area contributed by atoms with Gasteiger partial charge < -0.3 is 14.6 Å². The first-order chi connectivity index (χ1) is 14.1. The maximum absolute atomic E-state index is 13.5. The molecule has 0 radical (unpaired) electrons. The molecule has 1 aromatic carbocycles. The Morgan fingerprint density at radius 1 is 1.14 bits per heavy atom. The molecule has 1 N–H and O–H groups in total. The molecule has 4 fully saturated rings. The first-order valence-electron chi connectivity index (χ1n) is 11.1. The molecule has 7 rings (SSSR count). The van der Waals surface area contributed by atoms with Gasteiger partial charge in [-0.2, -0.15) is 0 Å². The lowest BCUT2D eigenvalue weighted by molar-refractivity contribution is -0.140. The Labute approximate surface area is 171 Å². The third-order valence-corrected chi connectivity index (χ3v) is 7.94. The van der Waals surface area contributed by atoms with E-state index in [9.17, 15) is 4.79 Å². The van der Waals surface area contributed by atoms with E-state index in [-0.39, 0.29) is 11.3 Å². The summed E-state index contributed by atoms with van der Waals surface area (Å²) in [6.45, 7) is 0. The number of rotatable bonds is 4. The van der Waals surface area contributed by atoms with E-state index in [1.807, 2.05) is 18.2 Å². The number of hydrogen-bond acceptors (Lipinski definition) is 4. The summed E-state index contributed by atoms with van der Waals surface area (Å²) in [6.07, 6.45) is 10.3. The number of aryl methyl sites for hydroxylation is 1. The minimum atomic E-state index is -0.177. The predicted octanol–water partition coefficient (Wildman–Crippen LogP) is 4.99. The summed E-state index contributed by atoms with van der Waals surface area (Å²) in [4.78, 5) is 13.5. The van der Waals surface area contributed by atoms with Crippen molar-refractivity contribution in [2.45, 2.75) is 57.8 Å². The Kier molecular flexibility index (Phi) is 3.84. The molecule has 5 aliphatic carbocycles. The zero-order valence-electron chi connectivity index (χ0n) is 17.0.